The van der Waals surface area contributed by atoms with Gasteiger partial charge >= 0.3 is 0 Å². The van der Waals surface area contributed by atoms with Crippen molar-refractivity contribution < 1.29 is 23.8 Å². The molecule has 0 radical (unpaired) electrons. The molecule has 0 spiro atoms. The van der Waals surface area contributed by atoms with Crippen LogP contribution in [0.3, 0.4) is 0 Å². The summed E-state index contributed by atoms with van der Waals surface area (Å²) in [6, 6.07) is 9.94. The minimum Gasteiger partial charge on any atom is -0.497 e. The number of ether oxygens (including phenoxy) is 3. The van der Waals surface area contributed by atoms with Gasteiger partial charge in [-0.2, -0.15) is 0 Å². The normalized spacial score (nSPS) is 10.3. The van der Waals surface area contributed by atoms with Crippen molar-refractivity contribution in [1.82, 2.24) is 0 Å². The quantitative estimate of drug-likeness (QED) is 0.776. The maximum atomic E-state index is 12.6. The maximum absolute atomic E-state index is 12.6. The molecule has 2 N–H and O–H groups in total. The highest BCUT2D eigenvalue weighted by molar-refractivity contribution is 6.05. The summed E-state index contributed by atoms with van der Waals surface area (Å²) in [4.78, 5) is 24.5. The van der Waals surface area contributed by atoms with Gasteiger partial charge in [0.05, 0.1) is 27.0 Å². The molecule has 2 aromatic carbocycles. The third-order valence-corrected chi connectivity index (χ3v) is 3.86. The Morgan fingerprint density at radius 3 is 2.00 bits per heavy atom. The highest BCUT2D eigenvalue weighted by Gasteiger charge is 2.14. The van der Waals surface area contributed by atoms with Crippen molar-refractivity contribution in [2.24, 2.45) is 5.92 Å². The molecule has 0 saturated heterocycles. The van der Waals surface area contributed by atoms with Crippen molar-refractivity contribution >= 4 is 23.2 Å². The third-order valence-electron chi connectivity index (χ3n) is 3.86. The van der Waals surface area contributed by atoms with Crippen LogP contribution < -0.4 is 24.8 Å². The minimum absolute atomic E-state index is 0.117. The van der Waals surface area contributed by atoms with Crippen molar-refractivity contribution in [3.8, 4) is 17.2 Å². The van der Waals surface area contributed by atoms with Crippen LogP contribution in [0.4, 0.5) is 11.4 Å². The van der Waals surface area contributed by atoms with Gasteiger partial charge in [-0.3, -0.25) is 9.59 Å². The van der Waals surface area contributed by atoms with E-state index in [1.165, 1.54) is 21.3 Å². The second kappa shape index (κ2) is 8.93. The van der Waals surface area contributed by atoms with Crippen molar-refractivity contribution in [2.45, 2.75) is 13.8 Å². The summed E-state index contributed by atoms with van der Waals surface area (Å²) in [5.74, 6) is 0.886. The molecule has 0 saturated carbocycles. The van der Waals surface area contributed by atoms with Crippen LogP contribution in [0.5, 0.6) is 17.2 Å². The fourth-order valence-electron chi connectivity index (χ4n) is 2.29. The average Bonchev–Trinajstić information content (AvgIpc) is 2.68. The molecular weight excluding hydrogens is 348 g/mol. The summed E-state index contributed by atoms with van der Waals surface area (Å²) in [7, 11) is 4.54. The molecule has 0 aliphatic heterocycles. The molecular formula is C20H24N2O5. The lowest BCUT2D eigenvalue weighted by Crippen LogP contribution is -2.18. The Morgan fingerprint density at radius 1 is 0.852 bits per heavy atom. The second-order valence-electron chi connectivity index (χ2n) is 6.11. The monoisotopic (exact) mass is 372 g/mol. The van der Waals surface area contributed by atoms with Gasteiger partial charge in [-0.05, 0) is 24.3 Å². The standard InChI is InChI=1S/C20H24N2O5/c1-12(2)19(23)22-17-7-6-14(10-18(17)27-5)21-20(24)13-8-15(25-3)11-16(9-13)26-4/h6-12H,1-5H3,(H,21,24)(H,22,23). The van der Waals surface area contributed by atoms with Crippen LogP contribution in [-0.4, -0.2) is 33.1 Å². The number of hydrogen-bond donors (Lipinski definition) is 2. The van der Waals surface area contributed by atoms with E-state index in [1.54, 1.807) is 50.2 Å². The number of nitrogens with one attached hydrogen (secondary N) is 2. The molecule has 0 fully saturated rings. The van der Waals surface area contributed by atoms with Crippen LogP contribution in [0.25, 0.3) is 0 Å². The van der Waals surface area contributed by atoms with Gasteiger partial charge in [0.1, 0.15) is 17.2 Å². The number of carbonyl (C=O) groups is 2. The molecule has 2 amide bonds. The number of methoxy groups -OCH3 is 3. The zero-order valence-electron chi connectivity index (χ0n) is 16.1. The smallest absolute Gasteiger partial charge is 0.255 e. The average molecular weight is 372 g/mol. The SMILES string of the molecule is COc1cc(OC)cc(C(=O)Nc2ccc(NC(=O)C(C)C)c(OC)c2)c1. The van der Waals surface area contributed by atoms with Gasteiger partial charge in [0.15, 0.2) is 0 Å². The molecule has 2 rings (SSSR count). The van der Waals surface area contributed by atoms with Crippen LogP contribution in [0.15, 0.2) is 36.4 Å². The molecule has 27 heavy (non-hydrogen) atoms. The van der Waals surface area contributed by atoms with E-state index in [0.29, 0.717) is 34.2 Å². The molecule has 0 aliphatic carbocycles. The lowest BCUT2D eigenvalue weighted by Gasteiger charge is -2.14. The Labute approximate surface area is 158 Å². The Hall–Kier alpha value is -3.22. The lowest BCUT2D eigenvalue weighted by atomic mass is 10.1. The van der Waals surface area contributed by atoms with Gasteiger partial charge in [-0.25, -0.2) is 0 Å². The Bertz CT molecular complexity index is 811. The minimum atomic E-state index is -0.326. The summed E-state index contributed by atoms with van der Waals surface area (Å²) in [5.41, 5.74) is 1.46. The molecule has 2 aromatic rings. The maximum Gasteiger partial charge on any atom is 0.255 e. The van der Waals surface area contributed by atoms with Gasteiger partial charge in [-0.15, -0.1) is 0 Å². The fraction of sp³-hybridized carbons (Fsp3) is 0.300. The van der Waals surface area contributed by atoms with E-state index in [2.05, 4.69) is 10.6 Å². The van der Waals surface area contributed by atoms with Crippen molar-refractivity contribution in [3.05, 3.63) is 42.0 Å². The van der Waals surface area contributed by atoms with Crippen molar-refractivity contribution in [2.75, 3.05) is 32.0 Å². The van der Waals surface area contributed by atoms with E-state index < -0.39 is 0 Å². The first kappa shape index (κ1) is 20.1. The first-order valence-corrected chi connectivity index (χ1v) is 8.41. The second-order valence-corrected chi connectivity index (χ2v) is 6.11. The van der Waals surface area contributed by atoms with Crippen LogP contribution >= 0.6 is 0 Å². The van der Waals surface area contributed by atoms with Gasteiger partial charge < -0.3 is 24.8 Å². The highest BCUT2D eigenvalue weighted by Crippen LogP contribution is 2.29. The molecule has 0 bridgehead atoms. The predicted octanol–water partition coefficient (Wildman–Crippen LogP) is 3.56. The topological polar surface area (TPSA) is 85.9 Å². The third kappa shape index (κ3) is 5.13. The number of hydrogen-bond acceptors (Lipinski definition) is 5. The summed E-state index contributed by atoms with van der Waals surface area (Å²) in [6.45, 7) is 3.61. The number of anilines is 2. The van der Waals surface area contributed by atoms with E-state index in [-0.39, 0.29) is 17.7 Å². The summed E-state index contributed by atoms with van der Waals surface area (Å²) in [5, 5.41) is 5.59. The molecule has 144 valence electrons. The zero-order valence-corrected chi connectivity index (χ0v) is 16.1. The van der Waals surface area contributed by atoms with E-state index >= 15 is 0 Å². The van der Waals surface area contributed by atoms with Crippen LogP contribution in [0.1, 0.15) is 24.2 Å². The first-order chi connectivity index (χ1) is 12.9. The first-order valence-electron chi connectivity index (χ1n) is 8.41. The van der Waals surface area contributed by atoms with Crippen LogP contribution in [0, 0.1) is 5.92 Å². The van der Waals surface area contributed by atoms with E-state index in [0.717, 1.165) is 0 Å². The van der Waals surface area contributed by atoms with E-state index in [1.807, 2.05) is 0 Å². The number of benzene rings is 2. The molecule has 0 aromatic heterocycles. The van der Waals surface area contributed by atoms with Gasteiger partial charge in [0.2, 0.25) is 5.91 Å². The van der Waals surface area contributed by atoms with Gasteiger partial charge in [-0.1, -0.05) is 13.8 Å². The van der Waals surface area contributed by atoms with Crippen molar-refractivity contribution in [3.63, 3.8) is 0 Å². The Kier molecular flexibility index (Phi) is 6.65. The molecule has 7 heteroatoms. The molecule has 7 nitrogen and oxygen atoms in total. The highest BCUT2D eigenvalue weighted by atomic mass is 16.5. The largest absolute Gasteiger partial charge is 0.497 e. The fourth-order valence-corrected chi connectivity index (χ4v) is 2.29. The molecule has 0 heterocycles. The van der Waals surface area contributed by atoms with E-state index in [9.17, 15) is 9.59 Å². The molecule has 0 atom stereocenters. The molecule has 0 unspecified atom stereocenters. The number of amides is 2. The summed E-state index contributed by atoms with van der Waals surface area (Å²) in [6.07, 6.45) is 0. The van der Waals surface area contributed by atoms with Crippen LogP contribution in [-0.2, 0) is 4.79 Å². The zero-order chi connectivity index (χ0) is 20.0. The number of carbonyl (C=O) groups excluding carboxylic acids is 2. The van der Waals surface area contributed by atoms with E-state index in [4.69, 9.17) is 14.2 Å². The summed E-state index contributed by atoms with van der Waals surface area (Å²) >= 11 is 0. The van der Waals surface area contributed by atoms with Gasteiger partial charge in [0, 0.05) is 29.3 Å². The van der Waals surface area contributed by atoms with Gasteiger partial charge in [0.25, 0.3) is 5.91 Å². The summed E-state index contributed by atoms with van der Waals surface area (Å²) < 4.78 is 15.7. The Balaban J connectivity index is 2.22. The van der Waals surface area contributed by atoms with Crippen molar-refractivity contribution in [1.29, 1.82) is 0 Å². The number of rotatable bonds is 7. The van der Waals surface area contributed by atoms with Crippen LogP contribution in [0.2, 0.25) is 0 Å². The molecule has 0 aliphatic rings. The Morgan fingerprint density at radius 2 is 1.48 bits per heavy atom. The predicted molar refractivity (Wildman–Crippen MR) is 104 cm³/mol. The lowest BCUT2D eigenvalue weighted by molar-refractivity contribution is -0.118.